The van der Waals surface area contributed by atoms with Crippen LogP contribution in [-0.4, -0.2) is 18.9 Å². The fraction of sp³-hybridized carbons (Fsp3) is 0.333. The van der Waals surface area contributed by atoms with E-state index >= 15 is 0 Å². The third-order valence-corrected chi connectivity index (χ3v) is 4.66. The van der Waals surface area contributed by atoms with E-state index in [0.29, 0.717) is 23.6 Å². The lowest BCUT2D eigenvalue weighted by atomic mass is 9.89. The Morgan fingerprint density at radius 3 is 2.80 bits per heavy atom. The molecular formula is C21H22N2O2. The molecule has 1 saturated heterocycles. The van der Waals surface area contributed by atoms with Crippen molar-refractivity contribution in [1.82, 2.24) is 0 Å². The molecule has 0 bridgehead atoms. The minimum Gasteiger partial charge on any atom is -0.384 e. The quantitative estimate of drug-likeness (QED) is 0.826. The summed E-state index contributed by atoms with van der Waals surface area (Å²) >= 11 is 0. The Bertz CT molecular complexity index is 780. The number of hydrogen-bond donors (Lipinski definition) is 1. The smallest absolute Gasteiger partial charge is 0.161 e. The van der Waals surface area contributed by atoms with Gasteiger partial charge in [0, 0.05) is 30.3 Å². The first kappa shape index (κ1) is 17.2. The third-order valence-electron chi connectivity index (χ3n) is 4.66. The van der Waals surface area contributed by atoms with Crippen LogP contribution in [0.1, 0.15) is 47.4 Å². The molecule has 2 aromatic rings. The van der Waals surface area contributed by atoms with Crippen molar-refractivity contribution in [2.24, 2.45) is 5.92 Å². The summed E-state index contributed by atoms with van der Waals surface area (Å²) in [5.74, 6) is 0.313. The molecule has 0 amide bonds. The average Bonchev–Trinajstić information content (AvgIpc) is 2.67. The molecule has 0 saturated carbocycles. The Hall–Kier alpha value is -2.64. The number of nitrogens with zero attached hydrogens (tertiary/aromatic N) is 1. The van der Waals surface area contributed by atoms with E-state index in [1.54, 1.807) is 25.1 Å². The lowest BCUT2D eigenvalue weighted by molar-refractivity contribution is -0.0238. The Morgan fingerprint density at radius 1 is 1.28 bits per heavy atom. The van der Waals surface area contributed by atoms with Gasteiger partial charge >= 0.3 is 0 Å². The van der Waals surface area contributed by atoms with Crippen molar-refractivity contribution < 1.29 is 9.53 Å². The van der Waals surface area contributed by atoms with Crippen LogP contribution in [0.3, 0.4) is 0 Å². The van der Waals surface area contributed by atoms with Crippen molar-refractivity contribution in [3.05, 3.63) is 65.2 Å². The summed E-state index contributed by atoms with van der Waals surface area (Å²) in [6.45, 7) is 3.02. The first-order valence-electron chi connectivity index (χ1n) is 8.64. The number of benzene rings is 2. The maximum Gasteiger partial charge on any atom is 0.161 e. The molecule has 128 valence electrons. The normalized spacial score (nSPS) is 19.8. The predicted octanol–water partition coefficient (Wildman–Crippen LogP) is 4.34. The zero-order valence-electron chi connectivity index (χ0n) is 14.4. The summed E-state index contributed by atoms with van der Waals surface area (Å²) < 4.78 is 6.03. The summed E-state index contributed by atoms with van der Waals surface area (Å²) in [5.41, 5.74) is 3.08. The van der Waals surface area contributed by atoms with E-state index in [1.165, 1.54) is 5.56 Å². The number of carbonyl (C=O) groups excluding carboxylic acids is 1. The van der Waals surface area contributed by atoms with Crippen LogP contribution >= 0.6 is 0 Å². The monoisotopic (exact) mass is 334 g/mol. The van der Waals surface area contributed by atoms with Gasteiger partial charge in [0.15, 0.2) is 5.78 Å². The van der Waals surface area contributed by atoms with E-state index in [2.05, 4.69) is 23.5 Å². The van der Waals surface area contributed by atoms with Crippen molar-refractivity contribution >= 4 is 11.5 Å². The van der Waals surface area contributed by atoms with E-state index in [-0.39, 0.29) is 11.9 Å². The van der Waals surface area contributed by atoms with Crippen LogP contribution in [0.25, 0.3) is 0 Å². The summed E-state index contributed by atoms with van der Waals surface area (Å²) in [6.07, 6.45) is 2.16. The average molecular weight is 334 g/mol. The first-order chi connectivity index (χ1) is 12.2. The van der Waals surface area contributed by atoms with Crippen LogP contribution in [0.4, 0.5) is 5.69 Å². The van der Waals surface area contributed by atoms with Gasteiger partial charge in [0.1, 0.15) is 0 Å². The number of Topliss-reactive ketones (excluding diaryl/α,β-unsaturated/α-hetero) is 1. The fourth-order valence-electron chi connectivity index (χ4n) is 3.37. The summed E-state index contributed by atoms with van der Waals surface area (Å²) in [7, 11) is 0. The van der Waals surface area contributed by atoms with Crippen molar-refractivity contribution in [2.45, 2.75) is 25.9 Å². The second-order valence-corrected chi connectivity index (χ2v) is 6.41. The topological polar surface area (TPSA) is 62.1 Å². The molecular weight excluding hydrogens is 312 g/mol. The van der Waals surface area contributed by atoms with E-state index in [0.717, 1.165) is 25.1 Å². The van der Waals surface area contributed by atoms with E-state index in [4.69, 9.17) is 10.00 Å². The van der Waals surface area contributed by atoms with Crippen molar-refractivity contribution in [3.63, 3.8) is 0 Å². The second kappa shape index (κ2) is 7.96. The Morgan fingerprint density at radius 2 is 2.08 bits per heavy atom. The number of ether oxygens (including phenoxy) is 1. The van der Waals surface area contributed by atoms with Gasteiger partial charge in [0.25, 0.3) is 0 Å². The molecule has 1 N–H and O–H groups in total. The van der Waals surface area contributed by atoms with Crippen LogP contribution in [0, 0.1) is 17.2 Å². The molecule has 1 heterocycles. The molecule has 2 atom stereocenters. The molecule has 0 aliphatic carbocycles. The predicted molar refractivity (Wildman–Crippen MR) is 97.5 cm³/mol. The Labute approximate surface area is 148 Å². The Balaban J connectivity index is 1.78. The van der Waals surface area contributed by atoms with Gasteiger partial charge < -0.3 is 10.1 Å². The van der Waals surface area contributed by atoms with Crippen molar-refractivity contribution in [2.75, 3.05) is 18.5 Å². The standard InChI is InChI=1S/C21H22N2O2/c1-15(24)19-10-9-16(13-22)12-20(19)23-14-18-8-5-11-25-21(18)17-6-3-2-4-7-17/h2-4,6-7,9-10,12,18,21,23H,5,8,11,14H2,1H3. The SMILES string of the molecule is CC(=O)c1ccc(C#N)cc1NCC1CCCOC1c1ccccc1. The van der Waals surface area contributed by atoms with Gasteiger partial charge in [-0.3, -0.25) is 4.79 Å². The summed E-state index contributed by atoms with van der Waals surface area (Å²) in [5, 5.41) is 12.5. The third kappa shape index (κ3) is 4.07. The second-order valence-electron chi connectivity index (χ2n) is 6.41. The van der Waals surface area contributed by atoms with Crippen LogP contribution in [0.15, 0.2) is 48.5 Å². The minimum atomic E-state index is -0.00788. The summed E-state index contributed by atoms with van der Waals surface area (Å²) in [6, 6.07) is 17.5. The lowest BCUT2D eigenvalue weighted by Gasteiger charge is -2.32. The number of anilines is 1. The van der Waals surface area contributed by atoms with Gasteiger partial charge in [0.05, 0.1) is 17.7 Å². The van der Waals surface area contributed by atoms with Gasteiger partial charge in [0.2, 0.25) is 0 Å². The van der Waals surface area contributed by atoms with Gasteiger partial charge in [-0.2, -0.15) is 5.26 Å². The maximum atomic E-state index is 11.9. The number of hydrogen-bond acceptors (Lipinski definition) is 4. The first-order valence-corrected chi connectivity index (χ1v) is 8.64. The number of rotatable bonds is 5. The number of carbonyl (C=O) groups is 1. The van der Waals surface area contributed by atoms with Gasteiger partial charge in [-0.05, 0) is 43.5 Å². The maximum absolute atomic E-state index is 11.9. The molecule has 25 heavy (non-hydrogen) atoms. The molecule has 2 unspecified atom stereocenters. The molecule has 4 nitrogen and oxygen atoms in total. The summed E-state index contributed by atoms with van der Waals surface area (Å²) in [4.78, 5) is 11.9. The zero-order valence-corrected chi connectivity index (χ0v) is 14.4. The van der Waals surface area contributed by atoms with Crippen molar-refractivity contribution in [3.8, 4) is 6.07 Å². The van der Waals surface area contributed by atoms with Gasteiger partial charge in [-0.15, -0.1) is 0 Å². The molecule has 0 radical (unpaired) electrons. The molecule has 1 aliphatic rings. The van der Waals surface area contributed by atoms with Gasteiger partial charge in [-0.1, -0.05) is 30.3 Å². The molecule has 0 spiro atoms. The highest BCUT2D eigenvalue weighted by Crippen LogP contribution is 2.34. The highest BCUT2D eigenvalue weighted by atomic mass is 16.5. The van der Waals surface area contributed by atoms with Crippen LogP contribution in [0.2, 0.25) is 0 Å². The molecule has 0 aromatic heterocycles. The zero-order chi connectivity index (χ0) is 17.6. The van der Waals surface area contributed by atoms with Crippen LogP contribution in [0.5, 0.6) is 0 Å². The largest absolute Gasteiger partial charge is 0.384 e. The molecule has 1 fully saturated rings. The Kier molecular flexibility index (Phi) is 5.47. The highest BCUT2D eigenvalue weighted by Gasteiger charge is 2.27. The minimum absolute atomic E-state index is 0.00788. The highest BCUT2D eigenvalue weighted by molar-refractivity contribution is 5.99. The van der Waals surface area contributed by atoms with E-state index in [9.17, 15) is 4.79 Å². The fourth-order valence-corrected chi connectivity index (χ4v) is 3.37. The van der Waals surface area contributed by atoms with E-state index in [1.807, 2.05) is 18.2 Å². The number of nitrogens with one attached hydrogen (secondary N) is 1. The van der Waals surface area contributed by atoms with Gasteiger partial charge in [-0.25, -0.2) is 0 Å². The molecule has 4 heteroatoms. The van der Waals surface area contributed by atoms with Crippen molar-refractivity contribution in [1.29, 1.82) is 5.26 Å². The van der Waals surface area contributed by atoms with Crippen LogP contribution in [-0.2, 0) is 4.74 Å². The molecule has 1 aliphatic heterocycles. The molecule has 3 rings (SSSR count). The molecule has 2 aromatic carbocycles. The number of nitriles is 1. The van der Waals surface area contributed by atoms with E-state index < -0.39 is 0 Å². The lowest BCUT2D eigenvalue weighted by Crippen LogP contribution is -2.28. The number of ketones is 1. The van der Waals surface area contributed by atoms with Crippen LogP contribution < -0.4 is 5.32 Å².